The molecule has 3 nitrogen and oxygen atoms in total. The highest BCUT2D eigenvalue weighted by Gasteiger charge is 2.19. The fourth-order valence-corrected chi connectivity index (χ4v) is 1.16. The van der Waals surface area contributed by atoms with Crippen molar-refractivity contribution in [2.24, 2.45) is 5.41 Å². The first-order valence-corrected chi connectivity index (χ1v) is 3.68. The maximum atomic E-state index is 9.90. The van der Waals surface area contributed by atoms with Gasteiger partial charge in [0, 0.05) is 12.0 Å². The molecule has 0 amide bonds. The molecule has 0 unspecified atom stereocenters. The van der Waals surface area contributed by atoms with Crippen molar-refractivity contribution in [2.75, 3.05) is 27.2 Å². The molecule has 3 heteroatoms. The Morgan fingerprint density at radius 2 is 2.00 bits per heavy atom. The van der Waals surface area contributed by atoms with Crippen molar-refractivity contribution in [2.45, 2.75) is 13.8 Å². The zero-order chi connectivity index (χ0) is 8.91. The van der Waals surface area contributed by atoms with Gasteiger partial charge in [0.1, 0.15) is 0 Å². The summed E-state index contributed by atoms with van der Waals surface area (Å²) in [5.41, 5.74) is 0.0460. The lowest BCUT2D eigenvalue weighted by Crippen LogP contribution is -2.32. The number of hydrogen-bond acceptors (Lipinski definition) is 3. The monoisotopic (exact) mass is 159 g/mol. The van der Waals surface area contributed by atoms with E-state index in [1.165, 1.54) is 0 Å². The van der Waals surface area contributed by atoms with Gasteiger partial charge in [0.25, 0.3) is 6.47 Å². The second-order valence-electron chi connectivity index (χ2n) is 3.81. The lowest BCUT2D eigenvalue weighted by Gasteiger charge is -2.26. The summed E-state index contributed by atoms with van der Waals surface area (Å²) in [7, 11) is 4.01. The van der Waals surface area contributed by atoms with Crippen molar-refractivity contribution in [1.82, 2.24) is 4.90 Å². The van der Waals surface area contributed by atoms with Crippen LogP contribution in [-0.2, 0) is 9.53 Å². The van der Waals surface area contributed by atoms with Crippen LogP contribution in [0.3, 0.4) is 0 Å². The highest BCUT2D eigenvalue weighted by molar-refractivity contribution is 5.36. The molecule has 0 spiro atoms. The van der Waals surface area contributed by atoms with E-state index in [9.17, 15) is 4.79 Å². The van der Waals surface area contributed by atoms with E-state index in [4.69, 9.17) is 4.74 Å². The first kappa shape index (κ1) is 10.4. The Bertz CT molecular complexity index is 121. The molecule has 0 N–H and O–H groups in total. The van der Waals surface area contributed by atoms with Crippen LogP contribution in [0, 0.1) is 5.41 Å². The van der Waals surface area contributed by atoms with Crippen LogP contribution >= 0.6 is 0 Å². The van der Waals surface area contributed by atoms with E-state index >= 15 is 0 Å². The summed E-state index contributed by atoms with van der Waals surface area (Å²) in [6.45, 7) is 6.03. The zero-order valence-corrected chi connectivity index (χ0v) is 7.76. The van der Waals surface area contributed by atoms with Gasteiger partial charge in [-0.05, 0) is 14.1 Å². The number of hydrogen-bond donors (Lipinski definition) is 0. The van der Waals surface area contributed by atoms with E-state index in [2.05, 4.69) is 18.7 Å². The molecule has 0 aromatic heterocycles. The summed E-state index contributed by atoms with van der Waals surface area (Å²) in [6.07, 6.45) is 0. The predicted octanol–water partition coefficient (Wildman–Crippen LogP) is 0.747. The summed E-state index contributed by atoms with van der Waals surface area (Å²) in [5.74, 6) is 0. The topological polar surface area (TPSA) is 29.5 Å². The van der Waals surface area contributed by atoms with Gasteiger partial charge in [-0.25, -0.2) is 0 Å². The molecule has 11 heavy (non-hydrogen) atoms. The second kappa shape index (κ2) is 4.34. The standard InChI is InChI=1S/C8H17NO2/c1-8(2,5-9(3)4)6-11-7-10/h7H,5-6H2,1-4H3. The van der Waals surface area contributed by atoms with Gasteiger partial charge >= 0.3 is 0 Å². The Morgan fingerprint density at radius 3 is 2.36 bits per heavy atom. The van der Waals surface area contributed by atoms with Crippen molar-refractivity contribution >= 4 is 6.47 Å². The molecule has 0 radical (unpaired) electrons. The number of carbonyl (C=O) groups excluding carboxylic acids is 1. The third-order valence-electron chi connectivity index (χ3n) is 1.29. The van der Waals surface area contributed by atoms with E-state index in [0.29, 0.717) is 13.1 Å². The number of nitrogens with zero attached hydrogens (tertiary/aromatic N) is 1. The molecule has 0 atom stereocenters. The van der Waals surface area contributed by atoms with Crippen molar-refractivity contribution < 1.29 is 9.53 Å². The van der Waals surface area contributed by atoms with Gasteiger partial charge in [-0.3, -0.25) is 4.79 Å². The number of carbonyl (C=O) groups is 1. The maximum absolute atomic E-state index is 9.90. The van der Waals surface area contributed by atoms with E-state index in [1.54, 1.807) is 0 Å². The van der Waals surface area contributed by atoms with Crippen molar-refractivity contribution in [3.05, 3.63) is 0 Å². The molecule has 66 valence electrons. The van der Waals surface area contributed by atoms with E-state index in [0.717, 1.165) is 6.54 Å². The first-order valence-electron chi connectivity index (χ1n) is 3.68. The Hall–Kier alpha value is -0.570. The molecule has 0 fully saturated rings. The Labute approximate surface area is 68.3 Å². The molecule has 0 rings (SSSR count). The molecule has 0 aromatic rings. The molecule has 0 aliphatic heterocycles. The number of rotatable bonds is 5. The van der Waals surface area contributed by atoms with Crippen LogP contribution in [0.25, 0.3) is 0 Å². The Kier molecular flexibility index (Phi) is 4.11. The van der Waals surface area contributed by atoms with Crippen LogP contribution in [0.1, 0.15) is 13.8 Å². The quantitative estimate of drug-likeness (QED) is 0.554. The summed E-state index contributed by atoms with van der Waals surface area (Å²) >= 11 is 0. The first-order chi connectivity index (χ1) is 4.98. The average molecular weight is 159 g/mol. The minimum absolute atomic E-state index is 0.0460. The molecule has 0 saturated heterocycles. The molecule has 0 bridgehead atoms. The molecule has 0 aromatic carbocycles. The molecule has 0 saturated carbocycles. The van der Waals surface area contributed by atoms with Crippen LogP contribution in [0.15, 0.2) is 0 Å². The lowest BCUT2D eigenvalue weighted by atomic mass is 9.94. The van der Waals surface area contributed by atoms with Gasteiger partial charge in [-0.1, -0.05) is 13.8 Å². The van der Waals surface area contributed by atoms with Gasteiger partial charge < -0.3 is 9.64 Å². The van der Waals surface area contributed by atoms with Crippen LogP contribution in [0.4, 0.5) is 0 Å². The molecular weight excluding hydrogens is 142 g/mol. The van der Waals surface area contributed by atoms with E-state index < -0.39 is 0 Å². The predicted molar refractivity (Wildman–Crippen MR) is 44.4 cm³/mol. The summed E-state index contributed by atoms with van der Waals surface area (Å²) in [4.78, 5) is 12.0. The average Bonchev–Trinajstić information content (AvgIpc) is 1.81. The Balaban J connectivity index is 3.69. The van der Waals surface area contributed by atoms with Gasteiger partial charge in [0.2, 0.25) is 0 Å². The van der Waals surface area contributed by atoms with Gasteiger partial charge in [0.05, 0.1) is 6.61 Å². The summed E-state index contributed by atoms with van der Waals surface area (Å²) < 4.78 is 4.69. The van der Waals surface area contributed by atoms with Crippen molar-refractivity contribution in [3.63, 3.8) is 0 Å². The van der Waals surface area contributed by atoms with Gasteiger partial charge in [-0.15, -0.1) is 0 Å². The fraction of sp³-hybridized carbons (Fsp3) is 0.875. The van der Waals surface area contributed by atoms with Gasteiger partial charge in [0.15, 0.2) is 0 Å². The summed E-state index contributed by atoms with van der Waals surface area (Å²) in [5, 5.41) is 0. The highest BCUT2D eigenvalue weighted by atomic mass is 16.5. The van der Waals surface area contributed by atoms with Gasteiger partial charge in [-0.2, -0.15) is 0 Å². The van der Waals surface area contributed by atoms with Crippen molar-refractivity contribution in [1.29, 1.82) is 0 Å². The lowest BCUT2D eigenvalue weighted by molar-refractivity contribution is -0.131. The second-order valence-corrected chi connectivity index (χ2v) is 3.81. The third kappa shape index (κ3) is 5.85. The largest absolute Gasteiger partial charge is 0.467 e. The third-order valence-corrected chi connectivity index (χ3v) is 1.29. The van der Waals surface area contributed by atoms with Crippen LogP contribution < -0.4 is 0 Å². The molecule has 0 aliphatic rings. The fourth-order valence-electron chi connectivity index (χ4n) is 1.16. The summed E-state index contributed by atoms with van der Waals surface area (Å²) in [6, 6.07) is 0. The van der Waals surface area contributed by atoms with Crippen LogP contribution in [-0.4, -0.2) is 38.6 Å². The van der Waals surface area contributed by atoms with Crippen LogP contribution in [0.2, 0.25) is 0 Å². The minimum Gasteiger partial charge on any atom is -0.467 e. The van der Waals surface area contributed by atoms with Crippen LogP contribution in [0.5, 0.6) is 0 Å². The Morgan fingerprint density at radius 1 is 1.45 bits per heavy atom. The molecule has 0 heterocycles. The number of ether oxygens (including phenoxy) is 1. The zero-order valence-electron chi connectivity index (χ0n) is 7.76. The smallest absolute Gasteiger partial charge is 0.293 e. The van der Waals surface area contributed by atoms with E-state index in [-0.39, 0.29) is 5.41 Å². The van der Waals surface area contributed by atoms with Crippen molar-refractivity contribution in [3.8, 4) is 0 Å². The highest BCUT2D eigenvalue weighted by Crippen LogP contribution is 2.15. The molecule has 0 aliphatic carbocycles. The molecular formula is C8H17NO2. The SMILES string of the molecule is CN(C)CC(C)(C)COC=O. The minimum atomic E-state index is 0.0460. The normalized spacial score (nSPS) is 11.7. The van der Waals surface area contributed by atoms with E-state index in [1.807, 2.05) is 14.1 Å². The maximum Gasteiger partial charge on any atom is 0.293 e.